The molecule has 0 bridgehead atoms. The molecule has 1 aliphatic rings. The lowest BCUT2D eigenvalue weighted by Crippen LogP contribution is -2.34. The van der Waals surface area contributed by atoms with Gasteiger partial charge in [0.15, 0.2) is 0 Å². The highest BCUT2D eigenvalue weighted by Gasteiger charge is 2.32. The summed E-state index contributed by atoms with van der Waals surface area (Å²) in [6.07, 6.45) is 2.59. The number of ketones is 1. The van der Waals surface area contributed by atoms with Gasteiger partial charge >= 0.3 is 12.1 Å². The second-order valence-corrected chi connectivity index (χ2v) is 8.19. The van der Waals surface area contributed by atoms with Crippen LogP contribution in [0, 0.1) is 11.8 Å². The van der Waals surface area contributed by atoms with Crippen LogP contribution >= 0.6 is 0 Å². The van der Waals surface area contributed by atoms with E-state index in [0.29, 0.717) is 12.8 Å². The van der Waals surface area contributed by atoms with Crippen LogP contribution in [-0.2, 0) is 27.4 Å². The van der Waals surface area contributed by atoms with Crippen molar-refractivity contribution in [2.45, 2.75) is 45.3 Å². The third-order valence-electron chi connectivity index (χ3n) is 5.83. The van der Waals surface area contributed by atoms with E-state index in [1.165, 1.54) is 0 Å². The van der Waals surface area contributed by atoms with Crippen LogP contribution in [0.15, 0.2) is 72.3 Å². The van der Waals surface area contributed by atoms with Gasteiger partial charge in [-0.05, 0) is 36.8 Å². The number of Topliss-reactive ketones (excluding diaryl/α,β-unsaturated/α-hetero) is 1. The minimum atomic E-state index is -0.978. The van der Waals surface area contributed by atoms with E-state index in [-0.39, 0.29) is 37.2 Å². The Kier molecular flexibility index (Phi) is 8.20. The van der Waals surface area contributed by atoms with Crippen LogP contribution in [-0.4, -0.2) is 29.0 Å². The highest BCUT2D eigenvalue weighted by molar-refractivity contribution is 5.86. The first-order valence-electron chi connectivity index (χ1n) is 10.9. The maximum atomic E-state index is 12.8. The molecule has 0 radical (unpaired) electrons. The molecule has 1 amide bonds. The molecular formula is C26H29NO5. The predicted octanol–water partition coefficient (Wildman–Crippen LogP) is 4.54. The molecule has 2 unspecified atom stereocenters. The van der Waals surface area contributed by atoms with Gasteiger partial charge in [0, 0.05) is 12.3 Å². The number of carbonyl (C=O) groups is 3. The number of carboxylic acids is 1. The molecule has 2 aromatic carbocycles. The molecule has 3 atom stereocenters. The number of hydrogen-bond donors (Lipinski definition) is 2. The highest BCUT2D eigenvalue weighted by atomic mass is 16.5. The normalized spacial score (nSPS) is 19.4. The van der Waals surface area contributed by atoms with E-state index < -0.39 is 18.0 Å². The number of carbonyl (C=O) groups excluding carboxylic acids is 2. The van der Waals surface area contributed by atoms with E-state index in [0.717, 1.165) is 16.7 Å². The summed E-state index contributed by atoms with van der Waals surface area (Å²) in [7, 11) is 0. The Morgan fingerprint density at radius 2 is 1.66 bits per heavy atom. The van der Waals surface area contributed by atoms with E-state index in [9.17, 15) is 19.5 Å². The summed E-state index contributed by atoms with van der Waals surface area (Å²) >= 11 is 0. The lowest BCUT2D eigenvalue weighted by molar-refractivity contribution is -0.141. The molecule has 2 N–H and O–H groups in total. The molecule has 6 heteroatoms. The highest BCUT2D eigenvalue weighted by Crippen LogP contribution is 2.31. The molecule has 0 heterocycles. The van der Waals surface area contributed by atoms with Crippen molar-refractivity contribution in [3.8, 4) is 0 Å². The van der Waals surface area contributed by atoms with Crippen LogP contribution in [0.3, 0.4) is 0 Å². The fourth-order valence-electron chi connectivity index (χ4n) is 4.10. The van der Waals surface area contributed by atoms with Crippen molar-refractivity contribution >= 4 is 17.8 Å². The zero-order valence-electron chi connectivity index (χ0n) is 18.2. The topological polar surface area (TPSA) is 92.7 Å². The maximum Gasteiger partial charge on any atom is 0.407 e. The van der Waals surface area contributed by atoms with Crippen molar-refractivity contribution in [1.82, 2.24) is 5.32 Å². The Hall–Kier alpha value is -3.41. The van der Waals surface area contributed by atoms with Gasteiger partial charge in [-0.2, -0.15) is 0 Å². The van der Waals surface area contributed by atoms with Crippen LogP contribution in [0.2, 0.25) is 0 Å². The van der Waals surface area contributed by atoms with Crippen molar-refractivity contribution in [2.24, 2.45) is 11.8 Å². The number of nitrogens with one attached hydrogen (secondary N) is 1. The van der Waals surface area contributed by atoms with Gasteiger partial charge in [0.05, 0.1) is 12.5 Å². The van der Waals surface area contributed by atoms with Crippen molar-refractivity contribution in [1.29, 1.82) is 0 Å². The van der Waals surface area contributed by atoms with Gasteiger partial charge in [-0.25, -0.2) is 4.79 Å². The van der Waals surface area contributed by atoms with Gasteiger partial charge < -0.3 is 15.2 Å². The average molecular weight is 436 g/mol. The monoisotopic (exact) mass is 435 g/mol. The largest absolute Gasteiger partial charge is 0.481 e. The molecular weight excluding hydrogens is 406 g/mol. The Balaban J connectivity index is 1.72. The van der Waals surface area contributed by atoms with Crippen LogP contribution in [0.5, 0.6) is 0 Å². The third kappa shape index (κ3) is 6.80. The van der Waals surface area contributed by atoms with E-state index >= 15 is 0 Å². The first-order valence-corrected chi connectivity index (χ1v) is 10.9. The molecule has 6 nitrogen and oxygen atoms in total. The fraction of sp³-hybridized carbons (Fsp3) is 0.346. The number of aliphatic carboxylic acids is 1. The van der Waals surface area contributed by atoms with E-state index in [1.54, 1.807) is 0 Å². The number of rotatable bonds is 8. The summed E-state index contributed by atoms with van der Waals surface area (Å²) < 4.78 is 5.32. The number of alkyl carbamates (subject to hydrolysis) is 1. The zero-order chi connectivity index (χ0) is 22.9. The quantitative estimate of drug-likeness (QED) is 0.594. The smallest absolute Gasteiger partial charge is 0.407 e. The average Bonchev–Trinajstić information content (AvgIpc) is 2.93. The second-order valence-electron chi connectivity index (χ2n) is 8.19. The van der Waals surface area contributed by atoms with E-state index in [2.05, 4.69) is 5.32 Å². The lowest BCUT2D eigenvalue weighted by Gasteiger charge is -2.22. The molecule has 0 aromatic heterocycles. The molecule has 2 aromatic rings. The summed E-state index contributed by atoms with van der Waals surface area (Å²) in [4.78, 5) is 36.5. The minimum Gasteiger partial charge on any atom is -0.481 e. The van der Waals surface area contributed by atoms with Crippen molar-refractivity contribution < 1.29 is 24.2 Å². The van der Waals surface area contributed by atoms with Gasteiger partial charge in [-0.15, -0.1) is 0 Å². The summed E-state index contributed by atoms with van der Waals surface area (Å²) in [5, 5.41) is 12.2. The van der Waals surface area contributed by atoms with Crippen LogP contribution in [0.1, 0.15) is 37.3 Å². The number of amides is 1. The van der Waals surface area contributed by atoms with Crippen molar-refractivity contribution in [3.63, 3.8) is 0 Å². The standard InChI is InChI=1S/C26H29NO5/c1-18(27-26(31)32-17-20-10-6-3-7-11-20)21-12-13-24(28)23(16-25(29)30)22(15-21)14-19-8-4-2-5-9-19/h2-11,15,18,22-23H,12-14,16-17H2,1H3,(H,27,31)(H,29,30)/t18-,22?,23?/m0/s1. The number of ether oxygens (including phenoxy) is 1. The fourth-order valence-corrected chi connectivity index (χ4v) is 4.10. The number of allylic oxidation sites excluding steroid dienone is 1. The summed E-state index contributed by atoms with van der Waals surface area (Å²) in [5.74, 6) is -1.85. The molecule has 3 rings (SSSR count). The third-order valence-corrected chi connectivity index (χ3v) is 5.83. The Bertz CT molecular complexity index is 955. The molecule has 0 spiro atoms. The van der Waals surface area contributed by atoms with Gasteiger partial charge in [0.25, 0.3) is 0 Å². The SMILES string of the molecule is C[C@H](NC(=O)OCc1ccccc1)C1=CC(Cc2ccccc2)C(CC(=O)O)C(=O)CC1. The van der Waals surface area contributed by atoms with Crippen LogP contribution < -0.4 is 5.32 Å². The Morgan fingerprint density at radius 1 is 1.03 bits per heavy atom. The Labute approximate surface area is 188 Å². The maximum absolute atomic E-state index is 12.8. The van der Waals surface area contributed by atoms with Gasteiger partial charge in [0.2, 0.25) is 0 Å². The summed E-state index contributed by atoms with van der Waals surface area (Å²) in [6.45, 7) is 2.03. The first kappa shape index (κ1) is 23.3. The Morgan fingerprint density at radius 3 is 2.28 bits per heavy atom. The number of hydrogen-bond acceptors (Lipinski definition) is 4. The predicted molar refractivity (Wildman–Crippen MR) is 121 cm³/mol. The summed E-state index contributed by atoms with van der Waals surface area (Å²) in [6, 6.07) is 18.8. The molecule has 0 saturated carbocycles. The second kappa shape index (κ2) is 11.3. The molecule has 0 fully saturated rings. The number of carboxylic acid groups (broad SMARTS) is 1. The van der Waals surface area contributed by atoms with Gasteiger partial charge in [-0.1, -0.05) is 72.3 Å². The molecule has 1 aliphatic carbocycles. The van der Waals surface area contributed by atoms with Crippen molar-refractivity contribution in [2.75, 3.05) is 0 Å². The van der Waals surface area contributed by atoms with Gasteiger partial charge in [0.1, 0.15) is 12.4 Å². The van der Waals surface area contributed by atoms with Crippen LogP contribution in [0.25, 0.3) is 0 Å². The molecule has 32 heavy (non-hydrogen) atoms. The molecule has 168 valence electrons. The lowest BCUT2D eigenvalue weighted by atomic mass is 9.81. The minimum absolute atomic E-state index is 0.0431. The van der Waals surface area contributed by atoms with Crippen molar-refractivity contribution in [3.05, 3.63) is 83.4 Å². The van der Waals surface area contributed by atoms with E-state index in [1.807, 2.05) is 73.7 Å². The first-order chi connectivity index (χ1) is 15.4. The number of benzene rings is 2. The molecule has 0 aliphatic heterocycles. The van der Waals surface area contributed by atoms with Crippen LogP contribution in [0.4, 0.5) is 4.79 Å². The zero-order valence-corrected chi connectivity index (χ0v) is 18.2. The summed E-state index contributed by atoms with van der Waals surface area (Å²) in [5.41, 5.74) is 2.86. The molecule has 0 saturated heterocycles. The van der Waals surface area contributed by atoms with E-state index in [4.69, 9.17) is 4.74 Å². The van der Waals surface area contributed by atoms with Gasteiger partial charge in [-0.3, -0.25) is 9.59 Å².